The van der Waals surface area contributed by atoms with Crippen molar-refractivity contribution in [3.8, 4) is 0 Å². The molecule has 0 spiro atoms. The van der Waals surface area contributed by atoms with Crippen molar-refractivity contribution >= 4 is 11.6 Å². The van der Waals surface area contributed by atoms with Crippen molar-refractivity contribution in [2.45, 2.75) is 6.42 Å². The molecule has 1 aromatic heterocycles. The van der Waals surface area contributed by atoms with Crippen LogP contribution in [0.1, 0.15) is 16.8 Å². The summed E-state index contributed by atoms with van der Waals surface area (Å²) in [6.07, 6.45) is 2.75. The lowest BCUT2D eigenvalue weighted by molar-refractivity contribution is 0.0982. The molecule has 110 valence electrons. The summed E-state index contributed by atoms with van der Waals surface area (Å²) in [5.41, 5.74) is 5.40. The van der Waals surface area contributed by atoms with Gasteiger partial charge in [0.25, 0.3) is 5.91 Å². The smallest absolute Gasteiger partial charge is 0.261 e. The predicted molar refractivity (Wildman–Crippen MR) is 75.9 cm³/mol. The van der Waals surface area contributed by atoms with E-state index in [0.29, 0.717) is 13.0 Å². The predicted octanol–water partition coefficient (Wildman–Crippen LogP) is 2.36. The lowest BCUT2D eigenvalue weighted by Gasteiger charge is -2.23. The van der Waals surface area contributed by atoms with Crippen LogP contribution in [0.3, 0.4) is 0 Å². The van der Waals surface area contributed by atoms with E-state index < -0.39 is 17.5 Å². The SMILES string of the molecule is NCCCN(C(=O)c1ccncc1F)c1ccccc1F. The maximum absolute atomic E-state index is 13.9. The number of anilines is 1. The first-order chi connectivity index (χ1) is 10.1. The quantitative estimate of drug-likeness (QED) is 0.920. The number of rotatable bonds is 5. The molecule has 0 saturated carbocycles. The second-order valence-electron chi connectivity index (χ2n) is 4.41. The number of para-hydroxylation sites is 1. The molecule has 21 heavy (non-hydrogen) atoms. The van der Waals surface area contributed by atoms with Gasteiger partial charge in [0.15, 0.2) is 5.82 Å². The molecule has 1 amide bonds. The molecule has 0 saturated heterocycles. The Morgan fingerprint density at radius 1 is 1.19 bits per heavy atom. The largest absolute Gasteiger partial charge is 0.330 e. The van der Waals surface area contributed by atoms with Crippen molar-refractivity contribution in [3.05, 3.63) is 59.9 Å². The van der Waals surface area contributed by atoms with Crippen LogP contribution in [-0.4, -0.2) is 24.0 Å². The fraction of sp³-hybridized carbons (Fsp3) is 0.200. The Bertz CT molecular complexity index is 634. The van der Waals surface area contributed by atoms with Gasteiger partial charge in [-0.15, -0.1) is 0 Å². The summed E-state index contributed by atoms with van der Waals surface area (Å²) >= 11 is 0. The highest BCUT2D eigenvalue weighted by Crippen LogP contribution is 2.22. The Balaban J connectivity index is 2.39. The number of pyridine rings is 1. The number of carbonyl (C=O) groups excluding carboxylic acids is 1. The molecule has 6 heteroatoms. The first-order valence-electron chi connectivity index (χ1n) is 6.51. The summed E-state index contributed by atoms with van der Waals surface area (Å²) in [6, 6.07) is 7.14. The minimum Gasteiger partial charge on any atom is -0.330 e. The first-order valence-corrected chi connectivity index (χ1v) is 6.51. The van der Waals surface area contributed by atoms with Crippen LogP contribution in [0.2, 0.25) is 0 Å². The van der Waals surface area contributed by atoms with Gasteiger partial charge in [0.1, 0.15) is 5.82 Å². The van der Waals surface area contributed by atoms with Crippen molar-refractivity contribution < 1.29 is 13.6 Å². The van der Waals surface area contributed by atoms with Crippen LogP contribution in [0.4, 0.5) is 14.5 Å². The number of nitrogens with two attached hydrogens (primary N) is 1. The summed E-state index contributed by atoms with van der Waals surface area (Å²) in [5, 5.41) is 0. The molecule has 1 aromatic carbocycles. The molecule has 2 aromatic rings. The zero-order valence-electron chi connectivity index (χ0n) is 11.3. The van der Waals surface area contributed by atoms with Gasteiger partial charge < -0.3 is 10.6 Å². The van der Waals surface area contributed by atoms with Gasteiger partial charge in [0.05, 0.1) is 17.4 Å². The average Bonchev–Trinajstić information content (AvgIpc) is 2.49. The number of carbonyl (C=O) groups is 1. The van der Waals surface area contributed by atoms with E-state index in [-0.39, 0.29) is 17.8 Å². The van der Waals surface area contributed by atoms with E-state index >= 15 is 0 Å². The highest BCUT2D eigenvalue weighted by molar-refractivity contribution is 6.06. The van der Waals surface area contributed by atoms with Gasteiger partial charge in [-0.3, -0.25) is 9.78 Å². The van der Waals surface area contributed by atoms with Crippen LogP contribution in [-0.2, 0) is 0 Å². The van der Waals surface area contributed by atoms with E-state index in [1.54, 1.807) is 6.07 Å². The normalized spacial score (nSPS) is 10.4. The van der Waals surface area contributed by atoms with E-state index in [0.717, 1.165) is 6.20 Å². The zero-order chi connectivity index (χ0) is 15.2. The number of hydrogen-bond acceptors (Lipinski definition) is 3. The Kier molecular flexibility index (Phi) is 4.94. The molecule has 0 unspecified atom stereocenters. The fourth-order valence-corrected chi connectivity index (χ4v) is 1.95. The van der Waals surface area contributed by atoms with Gasteiger partial charge >= 0.3 is 0 Å². The topological polar surface area (TPSA) is 59.2 Å². The van der Waals surface area contributed by atoms with Crippen molar-refractivity contribution in [1.82, 2.24) is 4.98 Å². The molecule has 0 fully saturated rings. The number of amides is 1. The van der Waals surface area contributed by atoms with E-state index in [1.165, 1.54) is 35.4 Å². The highest BCUT2D eigenvalue weighted by Gasteiger charge is 2.22. The molecule has 0 aliphatic rings. The number of aromatic nitrogens is 1. The van der Waals surface area contributed by atoms with Crippen LogP contribution in [0.5, 0.6) is 0 Å². The molecule has 0 aliphatic carbocycles. The second kappa shape index (κ2) is 6.90. The standard InChI is InChI=1S/C15H15F2N3O/c16-12-4-1-2-5-14(12)20(9-3-7-18)15(21)11-6-8-19-10-13(11)17/h1-2,4-6,8,10H,3,7,9,18H2. The van der Waals surface area contributed by atoms with Gasteiger partial charge in [0, 0.05) is 12.7 Å². The third-order valence-corrected chi connectivity index (χ3v) is 2.98. The summed E-state index contributed by atoms with van der Waals surface area (Å²) in [7, 11) is 0. The Labute approximate surface area is 121 Å². The second-order valence-corrected chi connectivity index (χ2v) is 4.41. The van der Waals surface area contributed by atoms with E-state index in [4.69, 9.17) is 5.73 Å². The van der Waals surface area contributed by atoms with Crippen molar-refractivity contribution in [3.63, 3.8) is 0 Å². The number of benzene rings is 1. The molecular weight excluding hydrogens is 276 g/mol. The number of hydrogen-bond donors (Lipinski definition) is 1. The summed E-state index contributed by atoms with van der Waals surface area (Å²) < 4.78 is 27.6. The monoisotopic (exact) mass is 291 g/mol. The lowest BCUT2D eigenvalue weighted by atomic mass is 10.2. The van der Waals surface area contributed by atoms with Crippen molar-refractivity contribution in [2.24, 2.45) is 5.73 Å². The summed E-state index contributed by atoms with van der Waals surface area (Å²) in [6.45, 7) is 0.551. The third-order valence-electron chi connectivity index (χ3n) is 2.98. The van der Waals surface area contributed by atoms with Crippen LogP contribution < -0.4 is 10.6 Å². The van der Waals surface area contributed by atoms with Gasteiger partial charge in [-0.1, -0.05) is 12.1 Å². The Morgan fingerprint density at radius 3 is 2.62 bits per heavy atom. The number of halogens is 2. The van der Waals surface area contributed by atoms with Crippen LogP contribution in [0.25, 0.3) is 0 Å². The molecule has 1 heterocycles. The Hall–Kier alpha value is -2.34. The zero-order valence-corrected chi connectivity index (χ0v) is 11.3. The third kappa shape index (κ3) is 3.41. The molecule has 0 aliphatic heterocycles. The molecule has 0 atom stereocenters. The van der Waals surface area contributed by atoms with Crippen LogP contribution in [0, 0.1) is 11.6 Å². The van der Waals surface area contributed by atoms with Crippen molar-refractivity contribution in [1.29, 1.82) is 0 Å². The van der Waals surface area contributed by atoms with Crippen molar-refractivity contribution in [2.75, 3.05) is 18.0 Å². The van der Waals surface area contributed by atoms with E-state index in [9.17, 15) is 13.6 Å². The first kappa shape index (κ1) is 15.1. The fourth-order valence-electron chi connectivity index (χ4n) is 1.95. The average molecular weight is 291 g/mol. The number of nitrogens with zero attached hydrogens (tertiary/aromatic N) is 2. The molecule has 2 N–H and O–H groups in total. The van der Waals surface area contributed by atoms with Crippen LogP contribution in [0.15, 0.2) is 42.7 Å². The Morgan fingerprint density at radius 2 is 1.95 bits per heavy atom. The minimum atomic E-state index is -0.739. The summed E-state index contributed by atoms with van der Waals surface area (Å²) in [4.78, 5) is 17.3. The van der Waals surface area contributed by atoms with E-state index in [1.807, 2.05) is 0 Å². The minimum absolute atomic E-state index is 0.104. The van der Waals surface area contributed by atoms with E-state index in [2.05, 4.69) is 4.98 Å². The molecule has 4 nitrogen and oxygen atoms in total. The van der Waals surface area contributed by atoms with Gasteiger partial charge in [-0.2, -0.15) is 0 Å². The molecular formula is C15H15F2N3O. The molecule has 0 bridgehead atoms. The maximum atomic E-state index is 13.9. The lowest BCUT2D eigenvalue weighted by Crippen LogP contribution is -2.34. The van der Waals surface area contributed by atoms with Gasteiger partial charge in [-0.05, 0) is 31.2 Å². The van der Waals surface area contributed by atoms with Gasteiger partial charge in [-0.25, -0.2) is 8.78 Å². The van der Waals surface area contributed by atoms with Crippen LogP contribution >= 0.6 is 0 Å². The summed E-state index contributed by atoms with van der Waals surface area (Å²) in [5.74, 6) is -1.90. The molecule has 2 rings (SSSR count). The maximum Gasteiger partial charge on any atom is 0.261 e. The molecule has 0 radical (unpaired) electrons. The van der Waals surface area contributed by atoms with Gasteiger partial charge in [0.2, 0.25) is 0 Å². The highest BCUT2D eigenvalue weighted by atomic mass is 19.1.